The highest BCUT2D eigenvalue weighted by molar-refractivity contribution is 5.69. The van der Waals surface area contributed by atoms with Crippen LogP contribution in [0.3, 0.4) is 0 Å². The SMILES string of the molecule is COCCCCC1=CCCc2ccccc21. The number of rotatable bonds is 5. The van der Waals surface area contributed by atoms with Crippen molar-refractivity contribution >= 4 is 5.57 Å². The summed E-state index contributed by atoms with van der Waals surface area (Å²) in [6.07, 6.45) is 8.41. The van der Waals surface area contributed by atoms with Gasteiger partial charge < -0.3 is 4.74 Å². The molecule has 1 aromatic carbocycles. The topological polar surface area (TPSA) is 9.23 Å². The number of benzene rings is 1. The van der Waals surface area contributed by atoms with Crippen LogP contribution in [-0.4, -0.2) is 13.7 Å². The fourth-order valence-corrected chi connectivity index (χ4v) is 2.36. The van der Waals surface area contributed by atoms with Gasteiger partial charge in [-0.15, -0.1) is 0 Å². The van der Waals surface area contributed by atoms with E-state index in [1.807, 2.05) is 0 Å². The van der Waals surface area contributed by atoms with E-state index in [1.165, 1.54) is 42.4 Å². The summed E-state index contributed by atoms with van der Waals surface area (Å²) in [5.41, 5.74) is 4.54. The number of hydrogen-bond acceptors (Lipinski definition) is 1. The number of ether oxygens (including phenoxy) is 1. The van der Waals surface area contributed by atoms with Crippen molar-refractivity contribution in [2.75, 3.05) is 13.7 Å². The number of aryl methyl sites for hydroxylation is 1. The van der Waals surface area contributed by atoms with E-state index < -0.39 is 0 Å². The molecule has 0 aliphatic heterocycles. The molecule has 0 saturated carbocycles. The molecule has 1 nitrogen and oxygen atoms in total. The molecule has 0 fully saturated rings. The van der Waals surface area contributed by atoms with Crippen molar-refractivity contribution in [3.05, 3.63) is 41.5 Å². The third-order valence-electron chi connectivity index (χ3n) is 3.21. The van der Waals surface area contributed by atoms with Gasteiger partial charge in [-0.25, -0.2) is 0 Å². The third kappa shape index (κ3) is 2.73. The molecule has 2 rings (SSSR count). The van der Waals surface area contributed by atoms with Crippen LogP contribution in [0.25, 0.3) is 5.57 Å². The maximum atomic E-state index is 5.08. The maximum Gasteiger partial charge on any atom is 0.0462 e. The molecule has 1 heteroatoms. The molecule has 0 saturated heterocycles. The molecule has 86 valence electrons. The Morgan fingerprint density at radius 1 is 1.19 bits per heavy atom. The van der Waals surface area contributed by atoms with Crippen LogP contribution in [0.1, 0.15) is 36.8 Å². The van der Waals surface area contributed by atoms with Crippen molar-refractivity contribution in [1.82, 2.24) is 0 Å². The fourth-order valence-electron chi connectivity index (χ4n) is 2.36. The summed E-state index contributed by atoms with van der Waals surface area (Å²) in [6, 6.07) is 8.81. The third-order valence-corrected chi connectivity index (χ3v) is 3.21. The smallest absolute Gasteiger partial charge is 0.0462 e. The Bertz CT molecular complexity index is 365. The molecular weight excluding hydrogens is 196 g/mol. The van der Waals surface area contributed by atoms with E-state index in [1.54, 1.807) is 7.11 Å². The molecule has 1 aromatic rings. The molecule has 0 aromatic heterocycles. The van der Waals surface area contributed by atoms with E-state index in [0.717, 1.165) is 13.0 Å². The predicted molar refractivity (Wildman–Crippen MR) is 68.5 cm³/mol. The zero-order chi connectivity index (χ0) is 11.2. The van der Waals surface area contributed by atoms with Crippen molar-refractivity contribution in [3.63, 3.8) is 0 Å². The Labute approximate surface area is 98.1 Å². The lowest BCUT2D eigenvalue weighted by atomic mass is 9.88. The zero-order valence-corrected chi connectivity index (χ0v) is 10.0. The molecule has 1 aliphatic rings. The lowest BCUT2D eigenvalue weighted by molar-refractivity contribution is 0.193. The summed E-state index contributed by atoms with van der Waals surface area (Å²) < 4.78 is 5.08. The van der Waals surface area contributed by atoms with Gasteiger partial charge in [-0.2, -0.15) is 0 Å². The van der Waals surface area contributed by atoms with Crippen molar-refractivity contribution in [2.45, 2.75) is 32.1 Å². The first kappa shape index (κ1) is 11.4. The van der Waals surface area contributed by atoms with Gasteiger partial charge >= 0.3 is 0 Å². The Morgan fingerprint density at radius 2 is 2.06 bits per heavy atom. The molecule has 0 spiro atoms. The summed E-state index contributed by atoms with van der Waals surface area (Å²) in [5, 5.41) is 0. The van der Waals surface area contributed by atoms with Gasteiger partial charge in [-0.3, -0.25) is 0 Å². The Morgan fingerprint density at radius 3 is 2.94 bits per heavy atom. The highest BCUT2D eigenvalue weighted by Crippen LogP contribution is 2.29. The Kier molecular flexibility index (Phi) is 4.17. The van der Waals surface area contributed by atoms with Gasteiger partial charge in [-0.05, 0) is 48.8 Å². The Hall–Kier alpha value is -1.08. The van der Waals surface area contributed by atoms with Crippen LogP contribution in [-0.2, 0) is 11.2 Å². The minimum Gasteiger partial charge on any atom is -0.385 e. The van der Waals surface area contributed by atoms with Gasteiger partial charge in [0, 0.05) is 13.7 Å². The number of unbranched alkanes of at least 4 members (excludes halogenated alkanes) is 1. The summed E-state index contributed by atoms with van der Waals surface area (Å²) in [6.45, 7) is 0.884. The molecule has 0 heterocycles. The van der Waals surface area contributed by atoms with Gasteiger partial charge in [0.1, 0.15) is 0 Å². The summed E-state index contributed by atoms with van der Waals surface area (Å²) in [7, 11) is 1.77. The minimum atomic E-state index is 0.884. The van der Waals surface area contributed by atoms with E-state index in [9.17, 15) is 0 Å². The maximum absolute atomic E-state index is 5.08. The highest BCUT2D eigenvalue weighted by atomic mass is 16.5. The second-order valence-corrected chi connectivity index (χ2v) is 4.38. The predicted octanol–water partition coefficient (Wildman–Crippen LogP) is 3.83. The van der Waals surface area contributed by atoms with Gasteiger partial charge in [-0.1, -0.05) is 30.3 Å². The average Bonchev–Trinajstić information content (AvgIpc) is 2.35. The van der Waals surface area contributed by atoms with Gasteiger partial charge in [0.15, 0.2) is 0 Å². The largest absolute Gasteiger partial charge is 0.385 e. The van der Waals surface area contributed by atoms with E-state index in [2.05, 4.69) is 30.3 Å². The van der Waals surface area contributed by atoms with E-state index in [4.69, 9.17) is 4.74 Å². The second kappa shape index (κ2) is 5.86. The molecular formula is C15H20O. The monoisotopic (exact) mass is 216 g/mol. The van der Waals surface area contributed by atoms with Gasteiger partial charge in [0.2, 0.25) is 0 Å². The van der Waals surface area contributed by atoms with Gasteiger partial charge in [0.25, 0.3) is 0 Å². The van der Waals surface area contributed by atoms with Crippen molar-refractivity contribution in [2.24, 2.45) is 0 Å². The van der Waals surface area contributed by atoms with Crippen molar-refractivity contribution in [1.29, 1.82) is 0 Å². The number of methoxy groups -OCH3 is 1. The fraction of sp³-hybridized carbons (Fsp3) is 0.467. The summed E-state index contributed by atoms with van der Waals surface area (Å²) >= 11 is 0. The van der Waals surface area contributed by atoms with Crippen LogP contribution in [0.2, 0.25) is 0 Å². The summed E-state index contributed by atoms with van der Waals surface area (Å²) in [5.74, 6) is 0. The molecule has 0 unspecified atom stereocenters. The molecule has 0 N–H and O–H groups in total. The van der Waals surface area contributed by atoms with E-state index in [0.29, 0.717) is 0 Å². The van der Waals surface area contributed by atoms with Crippen molar-refractivity contribution in [3.8, 4) is 0 Å². The lowest BCUT2D eigenvalue weighted by Gasteiger charge is -2.17. The molecule has 0 atom stereocenters. The lowest BCUT2D eigenvalue weighted by Crippen LogP contribution is -2.00. The van der Waals surface area contributed by atoms with E-state index in [-0.39, 0.29) is 0 Å². The standard InChI is InChI=1S/C15H20O/c1-16-12-5-4-8-14-10-6-9-13-7-2-3-11-15(13)14/h2-3,7,10-11H,4-6,8-9,12H2,1H3. The van der Waals surface area contributed by atoms with Crippen LogP contribution < -0.4 is 0 Å². The van der Waals surface area contributed by atoms with Crippen LogP contribution >= 0.6 is 0 Å². The van der Waals surface area contributed by atoms with Crippen LogP contribution in [0, 0.1) is 0 Å². The number of allylic oxidation sites excluding steroid dienone is 2. The quantitative estimate of drug-likeness (QED) is 0.680. The normalized spacial score (nSPS) is 14.4. The molecule has 16 heavy (non-hydrogen) atoms. The average molecular weight is 216 g/mol. The minimum absolute atomic E-state index is 0.884. The molecule has 0 radical (unpaired) electrons. The highest BCUT2D eigenvalue weighted by Gasteiger charge is 2.10. The van der Waals surface area contributed by atoms with Crippen molar-refractivity contribution < 1.29 is 4.74 Å². The summed E-state index contributed by atoms with van der Waals surface area (Å²) in [4.78, 5) is 0. The van der Waals surface area contributed by atoms with Crippen LogP contribution in [0.15, 0.2) is 30.3 Å². The first-order valence-corrected chi connectivity index (χ1v) is 6.18. The van der Waals surface area contributed by atoms with Gasteiger partial charge in [0.05, 0.1) is 0 Å². The molecule has 1 aliphatic carbocycles. The second-order valence-electron chi connectivity index (χ2n) is 4.38. The zero-order valence-electron chi connectivity index (χ0n) is 10.0. The molecule has 0 amide bonds. The Balaban J connectivity index is 1.97. The van der Waals surface area contributed by atoms with E-state index >= 15 is 0 Å². The van der Waals surface area contributed by atoms with Crippen LogP contribution in [0.5, 0.6) is 0 Å². The van der Waals surface area contributed by atoms with Crippen LogP contribution in [0.4, 0.5) is 0 Å². The first-order chi connectivity index (χ1) is 7.92. The number of fused-ring (bicyclic) bond motifs is 1. The molecule has 0 bridgehead atoms. The first-order valence-electron chi connectivity index (χ1n) is 6.18. The number of hydrogen-bond donors (Lipinski definition) is 0.